The van der Waals surface area contributed by atoms with Gasteiger partial charge in [-0.1, -0.05) is 77.8 Å². The third kappa shape index (κ3) is 5.81. The molecule has 0 saturated carbocycles. The summed E-state index contributed by atoms with van der Waals surface area (Å²) in [6.45, 7) is 5.98. The molecule has 0 radical (unpaired) electrons. The number of aryl methyl sites for hydroxylation is 2. The van der Waals surface area contributed by atoms with Gasteiger partial charge in [0.05, 0.1) is 16.4 Å². The second-order valence-electron chi connectivity index (χ2n) is 9.11. The number of carbonyl (C=O) groups is 1. The van der Waals surface area contributed by atoms with Gasteiger partial charge < -0.3 is 9.80 Å². The SMILES string of the molecule is Cc1ccc(-n2nc(-c3ccccc3Cl)cc2C(=O)N(CCN(C)C)Cc2ccccc2)c(C)c1. The van der Waals surface area contributed by atoms with E-state index in [0.717, 1.165) is 34.5 Å². The van der Waals surface area contributed by atoms with Crippen molar-refractivity contribution in [1.82, 2.24) is 19.6 Å². The van der Waals surface area contributed by atoms with Crippen LogP contribution in [0.25, 0.3) is 16.9 Å². The molecule has 6 heteroatoms. The number of amides is 1. The Morgan fingerprint density at radius 3 is 2.31 bits per heavy atom. The molecule has 0 spiro atoms. The van der Waals surface area contributed by atoms with Gasteiger partial charge in [-0.05, 0) is 57.3 Å². The molecule has 1 heterocycles. The predicted octanol–water partition coefficient (Wildman–Crippen LogP) is 6.01. The van der Waals surface area contributed by atoms with E-state index in [1.807, 2.05) is 98.7 Å². The van der Waals surface area contributed by atoms with E-state index in [1.54, 1.807) is 4.68 Å². The number of hydrogen-bond donors (Lipinski definition) is 0. The first-order valence-electron chi connectivity index (χ1n) is 11.7. The molecule has 5 nitrogen and oxygen atoms in total. The van der Waals surface area contributed by atoms with Gasteiger partial charge in [0.2, 0.25) is 0 Å². The zero-order chi connectivity index (χ0) is 24.9. The molecule has 1 aromatic heterocycles. The van der Waals surface area contributed by atoms with Crippen LogP contribution in [-0.2, 0) is 6.54 Å². The van der Waals surface area contributed by atoms with E-state index in [2.05, 4.69) is 17.9 Å². The van der Waals surface area contributed by atoms with Crippen molar-refractivity contribution in [2.24, 2.45) is 0 Å². The predicted molar refractivity (Wildman–Crippen MR) is 143 cm³/mol. The van der Waals surface area contributed by atoms with Crippen LogP contribution in [0.2, 0.25) is 5.02 Å². The van der Waals surface area contributed by atoms with E-state index >= 15 is 0 Å². The molecule has 0 aliphatic rings. The maximum atomic E-state index is 14.1. The lowest BCUT2D eigenvalue weighted by molar-refractivity contribution is 0.0722. The Labute approximate surface area is 212 Å². The number of hydrogen-bond acceptors (Lipinski definition) is 3. The summed E-state index contributed by atoms with van der Waals surface area (Å²) in [5.41, 5.74) is 6.17. The van der Waals surface area contributed by atoms with Crippen LogP contribution in [-0.4, -0.2) is 52.7 Å². The lowest BCUT2D eigenvalue weighted by Gasteiger charge is -2.25. The molecule has 0 bridgehead atoms. The summed E-state index contributed by atoms with van der Waals surface area (Å²) in [5, 5.41) is 5.48. The molecular formula is C29H31ClN4O. The Morgan fingerprint density at radius 1 is 0.914 bits per heavy atom. The van der Waals surface area contributed by atoms with Crippen LogP contribution in [0.15, 0.2) is 78.9 Å². The number of halogens is 1. The van der Waals surface area contributed by atoms with Crippen LogP contribution < -0.4 is 0 Å². The average molecular weight is 487 g/mol. The highest BCUT2D eigenvalue weighted by Crippen LogP contribution is 2.29. The van der Waals surface area contributed by atoms with Gasteiger partial charge >= 0.3 is 0 Å². The lowest BCUT2D eigenvalue weighted by atomic mass is 10.1. The molecule has 0 fully saturated rings. The molecular weight excluding hydrogens is 456 g/mol. The highest BCUT2D eigenvalue weighted by atomic mass is 35.5. The van der Waals surface area contributed by atoms with Crippen molar-refractivity contribution in [3.63, 3.8) is 0 Å². The maximum Gasteiger partial charge on any atom is 0.272 e. The Morgan fingerprint density at radius 2 is 1.63 bits per heavy atom. The fourth-order valence-electron chi connectivity index (χ4n) is 4.10. The Hall–Kier alpha value is -3.41. The van der Waals surface area contributed by atoms with Gasteiger partial charge in [0.15, 0.2) is 0 Å². The normalized spacial score (nSPS) is 11.1. The Kier molecular flexibility index (Phi) is 7.69. The number of nitrogens with zero attached hydrogens (tertiary/aromatic N) is 4. The van der Waals surface area contributed by atoms with E-state index in [-0.39, 0.29) is 5.91 Å². The van der Waals surface area contributed by atoms with Gasteiger partial charge in [0, 0.05) is 25.2 Å². The number of likely N-dealkylation sites (N-methyl/N-ethyl adjacent to an activating group) is 1. The molecule has 3 aromatic carbocycles. The Balaban J connectivity index is 1.81. The van der Waals surface area contributed by atoms with E-state index in [4.69, 9.17) is 16.7 Å². The second-order valence-corrected chi connectivity index (χ2v) is 9.52. The lowest BCUT2D eigenvalue weighted by Crippen LogP contribution is -2.37. The highest BCUT2D eigenvalue weighted by Gasteiger charge is 2.24. The standard InChI is InChI=1S/C29H31ClN4O/c1-21-14-15-27(22(2)18-21)34-28(19-26(31-34)24-12-8-9-13-25(24)30)29(35)33(17-16-32(3)4)20-23-10-6-5-7-11-23/h5-15,18-19H,16-17,20H2,1-4H3. The van der Waals surface area contributed by atoms with Gasteiger partial charge in [-0.2, -0.15) is 5.10 Å². The minimum Gasteiger partial charge on any atom is -0.332 e. The average Bonchev–Trinajstić information content (AvgIpc) is 3.27. The van der Waals surface area contributed by atoms with Crippen molar-refractivity contribution < 1.29 is 4.79 Å². The fraction of sp³-hybridized carbons (Fsp3) is 0.241. The third-order valence-corrected chi connectivity index (χ3v) is 6.31. The van der Waals surface area contributed by atoms with E-state index in [0.29, 0.717) is 29.5 Å². The topological polar surface area (TPSA) is 41.4 Å². The Bertz CT molecular complexity index is 1310. The molecule has 0 aliphatic heterocycles. The molecule has 4 aromatic rings. The molecule has 0 unspecified atom stereocenters. The van der Waals surface area contributed by atoms with Crippen molar-refractivity contribution in [1.29, 1.82) is 0 Å². The summed E-state index contributed by atoms with van der Waals surface area (Å²) < 4.78 is 1.77. The van der Waals surface area contributed by atoms with E-state index in [1.165, 1.54) is 0 Å². The van der Waals surface area contributed by atoms with E-state index < -0.39 is 0 Å². The summed E-state index contributed by atoms with van der Waals surface area (Å²) in [6, 6.07) is 25.7. The monoisotopic (exact) mass is 486 g/mol. The third-order valence-electron chi connectivity index (χ3n) is 5.98. The van der Waals surface area contributed by atoms with Crippen LogP contribution in [0.3, 0.4) is 0 Å². The van der Waals surface area contributed by atoms with Crippen LogP contribution in [0.5, 0.6) is 0 Å². The van der Waals surface area contributed by atoms with Crippen LogP contribution in [0.4, 0.5) is 0 Å². The molecule has 4 rings (SSSR count). The van der Waals surface area contributed by atoms with E-state index in [9.17, 15) is 4.79 Å². The zero-order valence-corrected chi connectivity index (χ0v) is 21.5. The van der Waals surface area contributed by atoms with Gasteiger partial charge in [-0.3, -0.25) is 4.79 Å². The number of aromatic nitrogens is 2. The van der Waals surface area contributed by atoms with Crippen LogP contribution in [0, 0.1) is 13.8 Å². The maximum absolute atomic E-state index is 14.1. The minimum absolute atomic E-state index is 0.0681. The molecule has 180 valence electrons. The fourth-order valence-corrected chi connectivity index (χ4v) is 4.33. The molecule has 0 saturated heterocycles. The van der Waals surface area contributed by atoms with Gasteiger partial charge in [0.1, 0.15) is 5.69 Å². The van der Waals surface area contributed by atoms with Crippen LogP contribution in [0.1, 0.15) is 27.2 Å². The van der Waals surface area contributed by atoms with Gasteiger partial charge in [0.25, 0.3) is 5.91 Å². The molecule has 0 atom stereocenters. The first-order valence-corrected chi connectivity index (χ1v) is 12.1. The highest BCUT2D eigenvalue weighted by molar-refractivity contribution is 6.33. The van der Waals surface area contributed by atoms with Gasteiger partial charge in [-0.25, -0.2) is 4.68 Å². The number of rotatable bonds is 8. The zero-order valence-electron chi connectivity index (χ0n) is 20.7. The summed E-state index contributed by atoms with van der Waals surface area (Å²) in [7, 11) is 4.03. The van der Waals surface area contributed by atoms with Crippen molar-refractivity contribution in [3.8, 4) is 16.9 Å². The molecule has 0 aliphatic carbocycles. The van der Waals surface area contributed by atoms with Crippen LogP contribution >= 0.6 is 11.6 Å². The quantitative estimate of drug-likeness (QED) is 0.306. The van der Waals surface area contributed by atoms with Gasteiger partial charge in [-0.15, -0.1) is 0 Å². The smallest absolute Gasteiger partial charge is 0.272 e. The summed E-state index contributed by atoms with van der Waals surface area (Å²) in [4.78, 5) is 18.1. The summed E-state index contributed by atoms with van der Waals surface area (Å²) in [5.74, 6) is -0.0681. The van der Waals surface area contributed by atoms with Crippen molar-refractivity contribution in [2.45, 2.75) is 20.4 Å². The number of carbonyl (C=O) groups excluding carboxylic acids is 1. The van der Waals surface area contributed by atoms with Crippen molar-refractivity contribution in [2.75, 3.05) is 27.2 Å². The van der Waals surface area contributed by atoms with Crippen molar-refractivity contribution in [3.05, 3.63) is 106 Å². The molecule has 0 N–H and O–H groups in total. The molecule has 35 heavy (non-hydrogen) atoms. The number of benzene rings is 3. The first-order chi connectivity index (χ1) is 16.8. The largest absolute Gasteiger partial charge is 0.332 e. The second kappa shape index (κ2) is 10.9. The van der Waals surface area contributed by atoms with Crippen molar-refractivity contribution >= 4 is 17.5 Å². The minimum atomic E-state index is -0.0681. The first kappa shape index (κ1) is 24.7. The summed E-state index contributed by atoms with van der Waals surface area (Å²) >= 11 is 6.50. The molecule has 1 amide bonds. The summed E-state index contributed by atoms with van der Waals surface area (Å²) in [6.07, 6.45) is 0.